The van der Waals surface area contributed by atoms with Gasteiger partial charge in [-0.3, -0.25) is 9.69 Å². The Bertz CT molecular complexity index is 1360. The van der Waals surface area contributed by atoms with Gasteiger partial charge in [0.1, 0.15) is 17.5 Å². The van der Waals surface area contributed by atoms with Crippen LogP contribution in [0.25, 0.3) is 10.9 Å². The molecule has 0 aliphatic carbocycles. The van der Waals surface area contributed by atoms with Crippen molar-refractivity contribution < 1.29 is 9.47 Å². The molecule has 0 saturated carbocycles. The topological polar surface area (TPSA) is 98.2 Å². The molecule has 35 heavy (non-hydrogen) atoms. The summed E-state index contributed by atoms with van der Waals surface area (Å²) in [4.78, 5) is 18.8. The molecule has 1 N–H and O–H groups in total. The Labute approximate surface area is 203 Å². The molecule has 9 nitrogen and oxygen atoms in total. The van der Waals surface area contributed by atoms with Crippen molar-refractivity contribution in [1.29, 1.82) is 0 Å². The molecule has 0 radical (unpaired) electrons. The average molecular weight is 475 g/mol. The highest BCUT2D eigenvalue weighted by Gasteiger charge is 2.32. The van der Waals surface area contributed by atoms with Crippen LogP contribution < -0.4 is 15.0 Å². The van der Waals surface area contributed by atoms with Gasteiger partial charge in [-0.05, 0) is 83.6 Å². The summed E-state index contributed by atoms with van der Waals surface area (Å²) in [7, 11) is 3.26. The molecule has 0 spiro atoms. The van der Waals surface area contributed by atoms with E-state index >= 15 is 0 Å². The number of fused-ring (bicyclic) bond motifs is 1. The lowest BCUT2D eigenvalue weighted by molar-refractivity contribution is 0.149. The number of ether oxygens (including phenoxy) is 2. The zero-order valence-electron chi connectivity index (χ0n) is 20.3. The second-order valence-corrected chi connectivity index (χ2v) is 9.17. The van der Waals surface area contributed by atoms with Gasteiger partial charge in [-0.2, -0.15) is 0 Å². The number of tetrazole rings is 1. The van der Waals surface area contributed by atoms with Gasteiger partial charge in [0.25, 0.3) is 5.56 Å². The predicted octanol–water partition coefficient (Wildman–Crippen LogP) is 3.40. The lowest BCUT2D eigenvalue weighted by Crippen LogP contribution is -2.40. The highest BCUT2D eigenvalue weighted by atomic mass is 16.5. The van der Waals surface area contributed by atoms with Crippen LogP contribution in [0.4, 0.5) is 0 Å². The predicted molar refractivity (Wildman–Crippen MR) is 133 cm³/mol. The van der Waals surface area contributed by atoms with E-state index in [1.54, 1.807) is 18.9 Å². The second kappa shape index (κ2) is 9.87. The largest absolute Gasteiger partial charge is 0.497 e. The SMILES string of the molecule is COc1ccc(Cn2nnnc2[C@H](c2cc3ccc(OC)cc3[nH]c2=O)N2CCC(C)CC2)cc1. The molecule has 1 aliphatic rings. The molecule has 1 saturated heterocycles. The number of rotatable bonds is 7. The minimum Gasteiger partial charge on any atom is -0.497 e. The average Bonchev–Trinajstić information content (AvgIpc) is 3.33. The zero-order chi connectivity index (χ0) is 24.4. The lowest BCUT2D eigenvalue weighted by atomic mass is 9.95. The van der Waals surface area contributed by atoms with Crippen LogP contribution in [-0.4, -0.2) is 57.4 Å². The van der Waals surface area contributed by atoms with Crippen molar-refractivity contribution in [2.45, 2.75) is 32.4 Å². The number of aromatic nitrogens is 5. The first-order valence-corrected chi connectivity index (χ1v) is 11.9. The van der Waals surface area contributed by atoms with Gasteiger partial charge >= 0.3 is 0 Å². The third kappa shape index (κ3) is 4.77. The maximum atomic E-state index is 13.4. The molecule has 1 atom stereocenters. The summed E-state index contributed by atoms with van der Waals surface area (Å²) in [5.41, 5.74) is 2.28. The van der Waals surface area contributed by atoms with Crippen LogP contribution in [0.1, 0.15) is 42.8 Å². The van der Waals surface area contributed by atoms with E-state index in [1.807, 2.05) is 48.5 Å². The normalized spacial score (nSPS) is 15.9. The van der Waals surface area contributed by atoms with Crippen molar-refractivity contribution in [3.8, 4) is 11.5 Å². The van der Waals surface area contributed by atoms with E-state index in [2.05, 4.69) is 32.3 Å². The number of H-pyrrole nitrogens is 1. The Morgan fingerprint density at radius 3 is 2.46 bits per heavy atom. The van der Waals surface area contributed by atoms with Gasteiger partial charge in [0.05, 0.1) is 26.3 Å². The smallest absolute Gasteiger partial charge is 0.253 e. The first-order chi connectivity index (χ1) is 17.1. The summed E-state index contributed by atoms with van der Waals surface area (Å²) in [6.07, 6.45) is 2.14. The zero-order valence-corrected chi connectivity index (χ0v) is 20.3. The molecular formula is C26H30N6O3. The van der Waals surface area contributed by atoms with Gasteiger partial charge in [-0.15, -0.1) is 5.10 Å². The Morgan fingerprint density at radius 1 is 1.03 bits per heavy atom. The molecule has 2 aromatic carbocycles. The summed E-state index contributed by atoms with van der Waals surface area (Å²) in [6, 6.07) is 15.1. The Kier molecular flexibility index (Phi) is 6.50. The minimum absolute atomic E-state index is 0.145. The fourth-order valence-electron chi connectivity index (χ4n) is 4.74. The molecule has 9 heteroatoms. The fraction of sp³-hybridized carbons (Fsp3) is 0.385. The number of methoxy groups -OCH3 is 2. The van der Waals surface area contributed by atoms with Gasteiger partial charge in [0.2, 0.25) is 0 Å². The van der Waals surface area contributed by atoms with Crippen LogP contribution in [0, 0.1) is 5.92 Å². The number of aromatic amines is 1. The van der Waals surface area contributed by atoms with E-state index in [4.69, 9.17) is 9.47 Å². The number of hydrogen-bond acceptors (Lipinski definition) is 7. The maximum Gasteiger partial charge on any atom is 0.253 e. The maximum absolute atomic E-state index is 13.4. The molecule has 0 amide bonds. The Morgan fingerprint density at radius 2 is 1.74 bits per heavy atom. The van der Waals surface area contributed by atoms with Gasteiger partial charge in [-0.1, -0.05) is 19.1 Å². The Balaban J connectivity index is 1.57. The monoisotopic (exact) mass is 474 g/mol. The van der Waals surface area contributed by atoms with Gasteiger partial charge in [0.15, 0.2) is 5.82 Å². The second-order valence-electron chi connectivity index (χ2n) is 9.17. The molecular weight excluding hydrogens is 444 g/mol. The number of likely N-dealkylation sites (tertiary alicyclic amines) is 1. The summed E-state index contributed by atoms with van der Waals surface area (Å²) < 4.78 is 12.4. The summed E-state index contributed by atoms with van der Waals surface area (Å²) in [5, 5.41) is 13.7. The van der Waals surface area contributed by atoms with Crippen molar-refractivity contribution in [3.05, 3.63) is 75.8 Å². The summed E-state index contributed by atoms with van der Waals surface area (Å²) in [6.45, 7) is 4.52. The molecule has 3 heterocycles. The van der Waals surface area contributed by atoms with E-state index in [1.165, 1.54) is 0 Å². The standard InChI is InChI=1S/C26H30N6O3/c1-17-10-12-31(13-11-17)24(22-14-19-6-9-21(35-3)15-23(19)27-26(22)33)25-28-29-30-32(25)16-18-4-7-20(34-2)8-5-18/h4-9,14-15,17,24H,10-13,16H2,1-3H3,(H,27,33)/t24-/m0/s1. The van der Waals surface area contributed by atoms with E-state index in [9.17, 15) is 4.79 Å². The highest BCUT2D eigenvalue weighted by molar-refractivity contribution is 5.80. The van der Waals surface area contributed by atoms with Crippen molar-refractivity contribution in [2.24, 2.45) is 5.92 Å². The quantitative estimate of drug-likeness (QED) is 0.438. The third-order valence-electron chi connectivity index (χ3n) is 6.86. The fourth-order valence-corrected chi connectivity index (χ4v) is 4.74. The number of hydrogen-bond donors (Lipinski definition) is 1. The van der Waals surface area contributed by atoms with Crippen LogP contribution in [-0.2, 0) is 6.54 Å². The van der Waals surface area contributed by atoms with Gasteiger partial charge in [0, 0.05) is 11.6 Å². The molecule has 2 aromatic heterocycles. The van der Waals surface area contributed by atoms with E-state index in [0.717, 1.165) is 48.1 Å². The van der Waals surface area contributed by atoms with Gasteiger partial charge in [-0.25, -0.2) is 4.68 Å². The number of nitrogens with zero attached hydrogens (tertiary/aromatic N) is 5. The summed E-state index contributed by atoms with van der Waals surface area (Å²) in [5.74, 6) is 2.81. The van der Waals surface area contributed by atoms with E-state index in [-0.39, 0.29) is 11.6 Å². The summed E-state index contributed by atoms with van der Waals surface area (Å²) >= 11 is 0. The van der Waals surface area contributed by atoms with Crippen molar-refractivity contribution >= 4 is 10.9 Å². The number of pyridine rings is 1. The first-order valence-electron chi connectivity index (χ1n) is 11.9. The molecule has 4 aromatic rings. The number of nitrogens with one attached hydrogen (secondary N) is 1. The van der Waals surface area contributed by atoms with Gasteiger partial charge < -0.3 is 14.5 Å². The van der Waals surface area contributed by atoms with E-state index in [0.29, 0.717) is 29.6 Å². The molecule has 1 aliphatic heterocycles. The van der Waals surface area contributed by atoms with Crippen LogP contribution >= 0.6 is 0 Å². The molecule has 0 bridgehead atoms. The number of benzene rings is 2. The Hall–Kier alpha value is -3.72. The number of piperidine rings is 1. The first kappa shape index (κ1) is 23.0. The molecule has 182 valence electrons. The van der Waals surface area contributed by atoms with Crippen molar-refractivity contribution in [2.75, 3.05) is 27.3 Å². The van der Waals surface area contributed by atoms with Crippen LogP contribution in [0.5, 0.6) is 11.5 Å². The van der Waals surface area contributed by atoms with Crippen molar-refractivity contribution in [3.63, 3.8) is 0 Å². The molecule has 0 unspecified atom stereocenters. The van der Waals surface area contributed by atoms with Crippen molar-refractivity contribution in [1.82, 2.24) is 30.1 Å². The molecule has 1 fully saturated rings. The molecule has 5 rings (SSSR count). The van der Waals surface area contributed by atoms with Crippen LogP contribution in [0.3, 0.4) is 0 Å². The minimum atomic E-state index is -0.356. The van der Waals surface area contributed by atoms with E-state index < -0.39 is 0 Å². The van der Waals surface area contributed by atoms with Crippen LogP contribution in [0.15, 0.2) is 53.3 Å². The third-order valence-corrected chi connectivity index (χ3v) is 6.86. The lowest BCUT2D eigenvalue weighted by Gasteiger charge is -2.35. The highest BCUT2D eigenvalue weighted by Crippen LogP contribution is 2.31. The van der Waals surface area contributed by atoms with Crippen LogP contribution in [0.2, 0.25) is 0 Å².